The molecule has 1 aromatic heterocycles. The van der Waals surface area contributed by atoms with Gasteiger partial charge < -0.3 is 4.57 Å². The average molecular weight is 233 g/mol. The molecular formula is C17H15N. The van der Waals surface area contributed by atoms with Crippen molar-refractivity contribution < 1.29 is 0 Å². The maximum Gasteiger partial charge on any atom is 0.0494 e. The van der Waals surface area contributed by atoms with Crippen molar-refractivity contribution in [2.24, 2.45) is 7.05 Å². The molecule has 0 bridgehead atoms. The Labute approximate surface area is 106 Å². The van der Waals surface area contributed by atoms with E-state index >= 15 is 0 Å². The number of hydrogen-bond acceptors (Lipinski definition) is 0. The number of aryl methyl sites for hydroxylation is 1. The molecule has 1 heterocycles. The first-order valence-corrected chi connectivity index (χ1v) is 6.52. The van der Waals surface area contributed by atoms with Crippen LogP contribution in [0, 0.1) is 0 Å². The van der Waals surface area contributed by atoms with Crippen LogP contribution in [0.15, 0.2) is 36.4 Å². The molecule has 18 heavy (non-hydrogen) atoms. The Bertz CT molecular complexity index is 881. The molecule has 1 nitrogen and oxygen atoms in total. The van der Waals surface area contributed by atoms with E-state index in [-0.39, 0.29) is 0 Å². The molecule has 1 aliphatic carbocycles. The van der Waals surface area contributed by atoms with E-state index < -0.39 is 0 Å². The van der Waals surface area contributed by atoms with Crippen LogP contribution in [0.25, 0.3) is 33.8 Å². The Balaban J connectivity index is 2.32. The lowest BCUT2D eigenvalue weighted by Gasteiger charge is -2.00. The van der Waals surface area contributed by atoms with Crippen LogP contribution in [0.1, 0.15) is 12.8 Å². The van der Waals surface area contributed by atoms with E-state index in [0.29, 0.717) is 0 Å². The Hall–Kier alpha value is -2.02. The fraction of sp³-hybridized carbons (Fsp3) is 0.176. The molecule has 0 atom stereocenters. The third kappa shape index (κ3) is 1.22. The highest BCUT2D eigenvalue weighted by Gasteiger charge is 2.07. The van der Waals surface area contributed by atoms with Crippen LogP contribution < -0.4 is 10.6 Å². The zero-order valence-corrected chi connectivity index (χ0v) is 10.5. The summed E-state index contributed by atoms with van der Waals surface area (Å²) in [5.41, 5.74) is 1.34. The first kappa shape index (κ1) is 9.95. The Morgan fingerprint density at radius 1 is 0.944 bits per heavy atom. The van der Waals surface area contributed by atoms with Crippen molar-refractivity contribution >= 4 is 33.8 Å². The first-order chi connectivity index (χ1) is 8.84. The highest BCUT2D eigenvalue weighted by Crippen LogP contribution is 2.20. The van der Waals surface area contributed by atoms with Crippen molar-refractivity contribution in [3.63, 3.8) is 0 Å². The van der Waals surface area contributed by atoms with E-state index in [4.69, 9.17) is 0 Å². The summed E-state index contributed by atoms with van der Waals surface area (Å²) < 4.78 is 2.33. The molecule has 4 rings (SSSR count). The van der Waals surface area contributed by atoms with Gasteiger partial charge >= 0.3 is 0 Å². The molecule has 88 valence electrons. The maximum atomic E-state index is 2.38. The maximum absolute atomic E-state index is 2.38. The van der Waals surface area contributed by atoms with Gasteiger partial charge in [0, 0.05) is 28.5 Å². The molecule has 0 aliphatic heterocycles. The molecule has 1 heteroatoms. The SMILES string of the molecule is Cn1c2c(c3cc4ccccc4cc31)=CCCC=2. The predicted octanol–water partition coefficient (Wildman–Crippen LogP) is 2.69. The average Bonchev–Trinajstić information content (AvgIpc) is 2.71. The van der Waals surface area contributed by atoms with Crippen molar-refractivity contribution in [2.75, 3.05) is 0 Å². The van der Waals surface area contributed by atoms with E-state index in [0.717, 1.165) is 6.42 Å². The van der Waals surface area contributed by atoms with Crippen LogP contribution in [0.4, 0.5) is 0 Å². The molecule has 3 aromatic rings. The smallest absolute Gasteiger partial charge is 0.0494 e. The molecule has 0 fully saturated rings. The Kier molecular flexibility index (Phi) is 1.93. The normalized spacial score (nSPS) is 14.3. The summed E-state index contributed by atoms with van der Waals surface area (Å²) in [5.74, 6) is 0. The molecule has 0 spiro atoms. The summed E-state index contributed by atoms with van der Waals surface area (Å²) in [5, 5.41) is 6.85. The van der Waals surface area contributed by atoms with E-state index in [1.165, 1.54) is 38.7 Å². The number of benzene rings is 2. The predicted molar refractivity (Wildman–Crippen MR) is 77.8 cm³/mol. The van der Waals surface area contributed by atoms with E-state index in [1.54, 1.807) is 0 Å². The van der Waals surface area contributed by atoms with Gasteiger partial charge in [-0.2, -0.15) is 0 Å². The molecule has 0 unspecified atom stereocenters. The van der Waals surface area contributed by atoms with Crippen molar-refractivity contribution in [3.05, 3.63) is 47.0 Å². The van der Waals surface area contributed by atoms with Gasteiger partial charge in [0.1, 0.15) is 0 Å². The van der Waals surface area contributed by atoms with Gasteiger partial charge in [-0.05, 0) is 35.7 Å². The standard InChI is InChI=1S/C17H15N/c1-18-16-9-5-4-8-14(16)15-10-12-6-2-3-7-13(12)11-17(15)18/h2-3,6-11H,4-5H2,1H3. The van der Waals surface area contributed by atoms with Crippen LogP contribution in [-0.4, -0.2) is 4.57 Å². The van der Waals surface area contributed by atoms with E-state index in [2.05, 4.69) is 60.2 Å². The summed E-state index contributed by atoms with van der Waals surface area (Å²) in [6, 6.07) is 13.2. The van der Waals surface area contributed by atoms with Gasteiger partial charge in [0.05, 0.1) is 0 Å². The van der Waals surface area contributed by atoms with Gasteiger partial charge in [-0.15, -0.1) is 0 Å². The fourth-order valence-corrected chi connectivity index (χ4v) is 3.08. The molecule has 2 aromatic carbocycles. The van der Waals surface area contributed by atoms with Gasteiger partial charge in [-0.3, -0.25) is 0 Å². The number of nitrogens with zero attached hydrogens (tertiary/aromatic N) is 1. The minimum Gasteiger partial charge on any atom is -0.344 e. The third-order valence-electron chi connectivity index (χ3n) is 4.01. The number of hydrogen-bond donors (Lipinski definition) is 0. The molecule has 0 saturated carbocycles. The Morgan fingerprint density at radius 3 is 2.50 bits per heavy atom. The van der Waals surface area contributed by atoms with Crippen molar-refractivity contribution in [1.29, 1.82) is 0 Å². The lowest BCUT2D eigenvalue weighted by Crippen LogP contribution is -2.29. The van der Waals surface area contributed by atoms with Crippen LogP contribution in [0.2, 0.25) is 0 Å². The number of rotatable bonds is 0. The van der Waals surface area contributed by atoms with Crippen LogP contribution in [0.3, 0.4) is 0 Å². The molecule has 0 amide bonds. The Morgan fingerprint density at radius 2 is 1.67 bits per heavy atom. The van der Waals surface area contributed by atoms with Crippen LogP contribution in [0.5, 0.6) is 0 Å². The summed E-state index contributed by atoms with van der Waals surface area (Å²) in [6.07, 6.45) is 7.07. The highest BCUT2D eigenvalue weighted by atomic mass is 14.9. The van der Waals surface area contributed by atoms with Crippen molar-refractivity contribution in [1.82, 2.24) is 4.57 Å². The summed E-state index contributed by atoms with van der Waals surface area (Å²) in [6.45, 7) is 0. The molecule has 1 aliphatic rings. The zero-order chi connectivity index (χ0) is 12.1. The van der Waals surface area contributed by atoms with Crippen LogP contribution >= 0.6 is 0 Å². The number of aromatic nitrogens is 1. The summed E-state index contributed by atoms with van der Waals surface area (Å²) >= 11 is 0. The summed E-state index contributed by atoms with van der Waals surface area (Å²) in [4.78, 5) is 0. The topological polar surface area (TPSA) is 4.93 Å². The van der Waals surface area contributed by atoms with Gasteiger partial charge in [0.2, 0.25) is 0 Å². The fourth-order valence-electron chi connectivity index (χ4n) is 3.08. The van der Waals surface area contributed by atoms with Gasteiger partial charge in [-0.25, -0.2) is 0 Å². The number of fused-ring (bicyclic) bond motifs is 4. The first-order valence-electron chi connectivity index (χ1n) is 6.52. The molecule has 0 N–H and O–H groups in total. The van der Waals surface area contributed by atoms with Gasteiger partial charge in [0.15, 0.2) is 0 Å². The highest BCUT2D eigenvalue weighted by molar-refractivity contribution is 5.97. The monoisotopic (exact) mass is 233 g/mol. The third-order valence-corrected chi connectivity index (χ3v) is 4.01. The van der Waals surface area contributed by atoms with Crippen molar-refractivity contribution in [3.8, 4) is 0 Å². The lowest BCUT2D eigenvalue weighted by atomic mass is 10.1. The van der Waals surface area contributed by atoms with E-state index in [9.17, 15) is 0 Å². The van der Waals surface area contributed by atoms with Crippen molar-refractivity contribution in [2.45, 2.75) is 12.8 Å². The zero-order valence-electron chi connectivity index (χ0n) is 10.5. The van der Waals surface area contributed by atoms with Gasteiger partial charge in [0.25, 0.3) is 0 Å². The molecule has 0 saturated heterocycles. The summed E-state index contributed by atoms with van der Waals surface area (Å²) in [7, 11) is 2.17. The van der Waals surface area contributed by atoms with Gasteiger partial charge in [-0.1, -0.05) is 36.4 Å². The molecule has 0 radical (unpaired) electrons. The quantitative estimate of drug-likeness (QED) is 0.562. The minimum absolute atomic E-state index is 1.16. The molecular weight excluding hydrogens is 218 g/mol. The second kappa shape index (κ2) is 3.49. The second-order valence-electron chi connectivity index (χ2n) is 5.06. The lowest BCUT2D eigenvalue weighted by molar-refractivity contribution is 0.910. The largest absolute Gasteiger partial charge is 0.344 e. The minimum atomic E-state index is 1.16. The second-order valence-corrected chi connectivity index (χ2v) is 5.06. The van der Waals surface area contributed by atoms with E-state index in [1.807, 2.05) is 0 Å². The van der Waals surface area contributed by atoms with Crippen LogP contribution in [-0.2, 0) is 7.05 Å².